The highest BCUT2D eigenvalue weighted by molar-refractivity contribution is 6.11. The zero-order chi connectivity index (χ0) is 16.9. The van der Waals surface area contributed by atoms with Gasteiger partial charge in [-0.2, -0.15) is 0 Å². The highest BCUT2D eigenvalue weighted by atomic mass is 16.2. The Bertz CT molecular complexity index is 727. The van der Waals surface area contributed by atoms with Gasteiger partial charge in [0.15, 0.2) is 0 Å². The molecule has 3 rings (SSSR count). The van der Waals surface area contributed by atoms with Gasteiger partial charge in [0.2, 0.25) is 5.91 Å². The molecule has 4 nitrogen and oxygen atoms in total. The first kappa shape index (κ1) is 16.2. The third-order valence-corrected chi connectivity index (χ3v) is 4.35. The average Bonchev–Trinajstić information content (AvgIpc) is 3.01. The van der Waals surface area contributed by atoms with Crippen LogP contribution >= 0.6 is 0 Å². The number of rotatable bonds is 5. The van der Waals surface area contributed by atoms with Crippen LogP contribution < -0.4 is 10.2 Å². The normalized spacial score (nSPS) is 15.9. The maximum atomic E-state index is 13.0. The standard InChI is InChI=1S/C20H22N2O2/c1-2-3-13-21-19(23)18-14-16-11-7-8-12-17(16)22(18)20(24)15-9-5-4-6-10-15/h4-12,18H,2-3,13-14H2,1H3,(H,21,23). The molecule has 1 aliphatic heterocycles. The summed E-state index contributed by atoms with van der Waals surface area (Å²) < 4.78 is 0. The molecule has 2 amide bonds. The Hall–Kier alpha value is -2.62. The highest BCUT2D eigenvalue weighted by Gasteiger charge is 2.38. The lowest BCUT2D eigenvalue weighted by Crippen LogP contribution is -2.48. The Morgan fingerprint density at radius 2 is 1.79 bits per heavy atom. The van der Waals surface area contributed by atoms with Crippen LogP contribution in [-0.4, -0.2) is 24.4 Å². The fourth-order valence-electron chi connectivity index (χ4n) is 3.07. The van der Waals surface area contributed by atoms with Gasteiger partial charge in [-0.25, -0.2) is 0 Å². The number of unbranched alkanes of at least 4 members (excludes halogenated alkanes) is 1. The summed E-state index contributed by atoms with van der Waals surface area (Å²) in [4.78, 5) is 27.3. The van der Waals surface area contributed by atoms with Gasteiger partial charge >= 0.3 is 0 Å². The maximum absolute atomic E-state index is 13.0. The second kappa shape index (κ2) is 7.30. The first-order valence-corrected chi connectivity index (χ1v) is 8.46. The second-order valence-corrected chi connectivity index (χ2v) is 6.03. The van der Waals surface area contributed by atoms with E-state index in [4.69, 9.17) is 0 Å². The third-order valence-electron chi connectivity index (χ3n) is 4.35. The van der Waals surface area contributed by atoms with Crippen molar-refractivity contribution in [3.05, 3.63) is 65.7 Å². The smallest absolute Gasteiger partial charge is 0.259 e. The molecule has 124 valence electrons. The highest BCUT2D eigenvalue weighted by Crippen LogP contribution is 2.33. The second-order valence-electron chi connectivity index (χ2n) is 6.03. The first-order valence-electron chi connectivity index (χ1n) is 8.46. The molecule has 2 aromatic carbocycles. The lowest BCUT2D eigenvalue weighted by molar-refractivity contribution is -0.122. The van der Waals surface area contributed by atoms with E-state index in [1.807, 2.05) is 42.5 Å². The predicted molar refractivity (Wildman–Crippen MR) is 95.1 cm³/mol. The fraction of sp³-hybridized carbons (Fsp3) is 0.300. The molecule has 1 aliphatic rings. The average molecular weight is 322 g/mol. The van der Waals surface area contributed by atoms with E-state index in [2.05, 4.69) is 12.2 Å². The van der Waals surface area contributed by atoms with Gasteiger partial charge in [-0.3, -0.25) is 14.5 Å². The number of amides is 2. The maximum Gasteiger partial charge on any atom is 0.259 e. The van der Waals surface area contributed by atoms with Gasteiger partial charge in [0, 0.05) is 24.2 Å². The van der Waals surface area contributed by atoms with Crippen LogP contribution in [0, 0.1) is 0 Å². The molecule has 1 heterocycles. The molecular formula is C20H22N2O2. The molecule has 0 saturated heterocycles. The van der Waals surface area contributed by atoms with E-state index < -0.39 is 6.04 Å². The zero-order valence-electron chi connectivity index (χ0n) is 13.9. The molecule has 1 unspecified atom stereocenters. The molecule has 0 aromatic heterocycles. The Morgan fingerprint density at radius 3 is 2.54 bits per heavy atom. The lowest BCUT2D eigenvalue weighted by atomic mass is 10.1. The summed E-state index contributed by atoms with van der Waals surface area (Å²) in [7, 11) is 0. The number of fused-ring (bicyclic) bond motifs is 1. The minimum atomic E-state index is -0.480. The Kier molecular flexibility index (Phi) is 4.94. The minimum Gasteiger partial charge on any atom is -0.354 e. The Labute approximate surface area is 142 Å². The van der Waals surface area contributed by atoms with Crippen molar-refractivity contribution in [2.45, 2.75) is 32.2 Å². The number of carbonyl (C=O) groups is 2. The molecule has 24 heavy (non-hydrogen) atoms. The molecule has 1 N–H and O–H groups in total. The van der Waals surface area contributed by atoms with Crippen LogP contribution in [0.15, 0.2) is 54.6 Å². The van der Waals surface area contributed by atoms with Gasteiger partial charge in [-0.1, -0.05) is 49.7 Å². The number of para-hydroxylation sites is 1. The fourth-order valence-corrected chi connectivity index (χ4v) is 3.07. The SMILES string of the molecule is CCCCNC(=O)C1Cc2ccccc2N1C(=O)c1ccccc1. The summed E-state index contributed by atoms with van der Waals surface area (Å²) in [6.07, 6.45) is 2.53. The summed E-state index contributed by atoms with van der Waals surface area (Å²) in [6, 6.07) is 16.4. The number of benzene rings is 2. The van der Waals surface area contributed by atoms with Crippen molar-refractivity contribution in [1.82, 2.24) is 5.32 Å². The van der Waals surface area contributed by atoms with Crippen LogP contribution in [0.5, 0.6) is 0 Å². The Balaban J connectivity index is 1.89. The van der Waals surface area contributed by atoms with Crippen molar-refractivity contribution in [1.29, 1.82) is 0 Å². The number of carbonyl (C=O) groups excluding carboxylic acids is 2. The van der Waals surface area contributed by atoms with Gasteiger partial charge in [0.25, 0.3) is 5.91 Å². The molecule has 1 atom stereocenters. The van der Waals surface area contributed by atoms with Gasteiger partial charge in [0.1, 0.15) is 6.04 Å². The van der Waals surface area contributed by atoms with E-state index >= 15 is 0 Å². The number of nitrogens with zero attached hydrogens (tertiary/aromatic N) is 1. The summed E-state index contributed by atoms with van der Waals surface area (Å²) in [6.45, 7) is 2.73. The molecule has 2 aromatic rings. The van der Waals surface area contributed by atoms with Crippen molar-refractivity contribution >= 4 is 17.5 Å². The molecule has 0 spiro atoms. The summed E-state index contributed by atoms with van der Waals surface area (Å²) in [5.74, 6) is -0.208. The van der Waals surface area contributed by atoms with E-state index in [0.717, 1.165) is 24.1 Å². The third kappa shape index (κ3) is 3.18. The van der Waals surface area contributed by atoms with E-state index in [9.17, 15) is 9.59 Å². The van der Waals surface area contributed by atoms with Crippen molar-refractivity contribution in [3.8, 4) is 0 Å². The number of nitrogens with one attached hydrogen (secondary N) is 1. The molecule has 0 aliphatic carbocycles. The first-order chi connectivity index (χ1) is 11.7. The van der Waals surface area contributed by atoms with Gasteiger partial charge in [-0.05, 0) is 30.2 Å². The number of hydrogen-bond donors (Lipinski definition) is 1. The van der Waals surface area contributed by atoms with Crippen LogP contribution in [0.1, 0.15) is 35.7 Å². The minimum absolute atomic E-state index is 0.0797. The topological polar surface area (TPSA) is 49.4 Å². The van der Waals surface area contributed by atoms with E-state index in [0.29, 0.717) is 18.5 Å². The van der Waals surface area contributed by atoms with Crippen LogP contribution in [-0.2, 0) is 11.2 Å². The largest absolute Gasteiger partial charge is 0.354 e. The monoisotopic (exact) mass is 322 g/mol. The van der Waals surface area contributed by atoms with Gasteiger partial charge in [0.05, 0.1) is 0 Å². The molecule has 0 saturated carbocycles. The van der Waals surface area contributed by atoms with E-state index in [-0.39, 0.29) is 11.8 Å². The summed E-state index contributed by atoms with van der Waals surface area (Å²) >= 11 is 0. The molecule has 0 bridgehead atoms. The Morgan fingerprint density at radius 1 is 1.08 bits per heavy atom. The van der Waals surface area contributed by atoms with E-state index in [1.165, 1.54) is 0 Å². The quantitative estimate of drug-likeness (QED) is 0.860. The predicted octanol–water partition coefficient (Wildman–Crippen LogP) is 3.17. The van der Waals surface area contributed by atoms with Gasteiger partial charge < -0.3 is 5.32 Å². The van der Waals surface area contributed by atoms with Crippen molar-refractivity contribution < 1.29 is 9.59 Å². The molecule has 0 fully saturated rings. The van der Waals surface area contributed by atoms with Crippen LogP contribution in [0.3, 0.4) is 0 Å². The summed E-state index contributed by atoms with van der Waals surface area (Å²) in [5, 5.41) is 2.96. The van der Waals surface area contributed by atoms with Crippen molar-refractivity contribution in [2.75, 3.05) is 11.4 Å². The zero-order valence-corrected chi connectivity index (χ0v) is 13.9. The van der Waals surface area contributed by atoms with Crippen LogP contribution in [0.2, 0.25) is 0 Å². The molecule has 4 heteroatoms. The summed E-state index contributed by atoms with van der Waals surface area (Å²) in [5.41, 5.74) is 2.47. The number of anilines is 1. The van der Waals surface area contributed by atoms with Crippen molar-refractivity contribution in [2.24, 2.45) is 0 Å². The van der Waals surface area contributed by atoms with Crippen LogP contribution in [0.25, 0.3) is 0 Å². The van der Waals surface area contributed by atoms with E-state index in [1.54, 1.807) is 17.0 Å². The van der Waals surface area contributed by atoms with Gasteiger partial charge in [-0.15, -0.1) is 0 Å². The molecular weight excluding hydrogens is 300 g/mol. The lowest BCUT2D eigenvalue weighted by Gasteiger charge is -2.25. The van der Waals surface area contributed by atoms with Crippen LogP contribution in [0.4, 0.5) is 5.69 Å². The van der Waals surface area contributed by atoms with Crippen molar-refractivity contribution in [3.63, 3.8) is 0 Å². The molecule has 0 radical (unpaired) electrons. The number of hydrogen-bond acceptors (Lipinski definition) is 2.